The van der Waals surface area contributed by atoms with E-state index in [0.717, 1.165) is 55.2 Å². The Morgan fingerprint density at radius 2 is 2.00 bits per heavy atom. The number of para-hydroxylation sites is 2. The van der Waals surface area contributed by atoms with Gasteiger partial charge in [0, 0.05) is 32.6 Å². The molecular formula is C18H22N6. The van der Waals surface area contributed by atoms with Gasteiger partial charge in [0.2, 0.25) is 0 Å². The van der Waals surface area contributed by atoms with Gasteiger partial charge in [-0.1, -0.05) is 12.1 Å². The molecule has 1 aliphatic heterocycles. The summed E-state index contributed by atoms with van der Waals surface area (Å²) in [5.74, 6) is 2.06. The molecule has 24 heavy (non-hydrogen) atoms. The highest BCUT2D eigenvalue weighted by Gasteiger charge is 2.18. The summed E-state index contributed by atoms with van der Waals surface area (Å²) >= 11 is 0. The maximum absolute atomic E-state index is 4.77. The predicted octanol–water partition coefficient (Wildman–Crippen LogP) is 1.69. The molecule has 1 aliphatic rings. The number of nitrogens with zero attached hydrogens (tertiary/aromatic N) is 5. The zero-order valence-corrected chi connectivity index (χ0v) is 14.2. The standard InChI is InChI=1S/C18H22N6/c1-23(11-17-22-15-5-3-4-6-16(15)24(17)2)18-13-7-9-19-10-8-14(13)20-12-21-18/h3-6,12,19H,7-11H2,1-2H3. The molecule has 2 aromatic heterocycles. The molecule has 0 amide bonds. The summed E-state index contributed by atoms with van der Waals surface area (Å²) < 4.78 is 2.16. The molecule has 0 radical (unpaired) electrons. The van der Waals surface area contributed by atoms with Crippen molar-refractivity contribution < 1.29 is 0 Å². The van der Waals surface area contributed by atoms with Crippen molar-refractivity contribution in [3.05, 3.63) is 47.7 Å². The van der Waals surface area contributed by atoms with Crippen molar-refractivity contribution in [3.8, 4) is 0 Å². The van der Waals surface area contributed by atoms with E-state index in [1.54, 1.807) is 6.33 Å². The monoisotopic (exact) mass is 322 g/mol. The molecule has 124 valence electrons. The SMILES string of the molecule is CN(Cc1nc2ccccc2n1C)c1ncnc2c1CCNCC2. The maximum atomic E-state index is 4.77. The Hall–Kier alpha value is -2.47. The first kappa shape index (κ1) is 15.1. The van der Waals surface area contributed by atoms with Gasteiger partial charge in [0.15, 0.2) is 0 Å². The van der Waals surface area contributed by atoms with E-state index >= 15 is 0 Å². The minimum atomic E-state index is 0.724. The molecule has 6 heteroatoms. The van der Waals surface area contributed by atoms with Gasteiger partial charge in [0.1, 0.15) is 18.0 Å². The third-order valence-corrected chi connectivity index (χ3v) is 4.72. The Labute approximate surface area is 141 Å². The number of rotatable bonds is 3. The summed E-state index contributed by atoms with van der Waals surface area (Å²) in [5.41, 5.74) is 4.63. The molecule has 0 bridgehead atoms. The van der Waals surface area contributed by atoms with Crippen molar-refractivity contribution in [3.63, 3.8) is 0 Å². The van der Waals surface area contributed by atoms with E-state index in [-0.39, 0.29) is 0 Å². The summed E-state index contributed by atoms with van der Waals surface area (Å²) in [6.07, 6.45) is 3.62. The van der Waals surface area contributed by atoms with E-state index in [1.807, 2.05) is 6.07 Å². The number of hydrogen-bond acceptors (Lipinski definition) is 5. The highest BCUT2D eigenvalue weighted by atomic mass is 15.2. The van der Waals surface area contributed by atoms with Crippen LogP contribution in [0.5, 0.6) is 0 Å². The number of nitrogens with one attached hydrogen (secondary N) is 1. The lowest BCUT2D eigenvalue weighted by Crippen LogP contribution is -2.23. The lowest BCUT2D eigenvalue weighted by molar-refractivity contribution is 0.707. The lowest BCUT2D eigenvalue weighted by Gasteiger charge is -2.21. The molecule has 0 spiro atoms. The largest absolute Gasteiger partial charge is 0.352 e. The summed E-state index contributed by atoms with van der Waals surface area (Å²) in [6.45, 7) is 2.69. The molecule has 0 saturated carbocycles. The summed E-state index contributed by atoms with van der Waals surface area (Å²) in [5, 5.41) is 3.43. The zero-order chi connectivity index (χ0) is 16.5. The summed E-state index contributed by atoms with van der Waals surface area (Å²) in [4.78, 5) is 16.0. The van der Waals surface area contributed by atoms with Crippen LogP contribution in [0.2, 0.25) is 0 Å². The van der Waals surface area contributed by atoms with Gasteiger partial charge in [-0.15, -0.1) is 0 Å². The van der Waals surface area contributed by atoms with Crippen LogP contribution in [0.15, 0.2) is 30.6 Å². The molecule has 0 unspecified atom stereocenters. The fourth-order valence-electron chi connectivity index (χ4n) is 3.41. The molecule has 1 aromatic carbocycles. The number of aryl methyl sites for hydroxylation is 1. The van der Waals surface area contributed by atoms with Crippen molar-refractivity contribution >= 4 is 16.9 Å². The van der Waals surface area contributed by atoms with E-state index in [1.165, 1.54) is 11.3 Å². The van der Waals surface area contributed by atoms with Gasteiger partial charge in [-0.2, -0.15) is 0 Å². The Morgan fingerprint density at radius 3 is 2.88 bits per heavy atom. The van der Waals surface area contributed by atoms with Gasteiger partial charge in [0.25, 0.3) is 0 Å². The topological polar surface area (TPSA) is 58.9 Å². The van der Waals surface area contributed by atoms with E-state index in [9.17, 15) is 0 Å². The number of imidazole rings is 1. The first-order valence-electron chi connectivity index (χ1n) is 8.39. The van der Waals surface area contributed by atoms with Gasteiger partial charge in [-0.05, 0) is 25.1 Å². The fraction of sp³-hybridized carbons (Fsp3) is 0.389. The molecule has 0 atom stereocenters. The highest BCUT2D eigenvalue weighted by molar-refractivity contribution is 5.75. The van der Waals surface area contributed by atoms with E-state index in [0.29, 0.717) is 0 Å². The van der Waals surface area contributed by atoms with E-state index in [4.69, 9.17) is 4.98 Å². The number of benzene rings is 1. The molecule has 3 heterocycles. The van der Waals surface area contributed by atoms with Crippen LogP contribution in [0, 0.1) is 0 Å². The van der Waals surface area contributed by atoms with Crippen LogP contribution in [0.4, 0.5) is 5.82 Å². The third-order valence-electron chi connectivity index (χ3n) is 4.72. The Kier molecular flexibility index (Phi) is 3.90. The molecule has 0 aliphatic carbocycles. The number of fused-ring (bicyclic) bond motifs is 2. The zero-order valence-electron chi connectivity index (χ0n) is 14.2. The van der Waals surface area contributed by atoms with Crippen molar-refractivity contribution in [1.29, 1.82) is 0 Å². The second kappa shape index (κ2) is 6.20. The number of anilines is 1. The van der Waals surface area contributed by atoms with Crippen molar-refractivity contribution in [2.45, 2.75) is 19.4 Å². The van der Waals surface area contributed by atoms with Gasteiger partial charge >= 0.3 is 0 Å². The minimum Gasteiger partial charge on any atom is -0.352 e. The second-order valence-corrected chi connectivity index (χ2v) is 6.30. The van der Waals surface area contributed by atoms with E-state index in [2.05, 4.69) is 57.0 Å². The predicted molar refractivity (Wildman–Crippen MR) is 95.1 cm³/mol. The van der Waals surface area contributed by atoms with Crippen LogP contribution in [0.3, 0.4) is 0 Å². The number of hydrogen-bond donors (Lipinski definition) is 1. The Morgan fingerprint density at radius 1 is 1.17 bits per heavy atom. The molecule has 1 N–H and O–H groups in total. The maximum Gasteiger partial charge on any atom is 0.135 e. The average molecular weight is 322 g/mol. The second-order valence-electron chi connectivity index (χ2n) is 6.30. The van der Waals surface area contributed by atoms with Gasteiger partial charge < -0.3 is 14.8 Å². The quantitative estimate of drug-likeness (QED) is 0.795. The summed E-state index contributed by atoms with van der Waals surface area (Å²) in [6, 6.07) is 8.24. The molecule has 6 nitrogen and oxygen atoms in total. The van der Waals surface area contributed by atoms with Crippen LogP contribution in [0.1, 0.15) is 17.1 Å². The lowest BCUT2D eigenvalue weighted by atomic mass is 10.1. The third kappa shape index (κ3) is 2.63. The molecule has 0 saturated heterocycles. The van der Waals surface area contributed by atoms with Crippen molar-refractivity contribution in [2.24, 2.45) is 7.05 Å². The van der Waals surface area contributed by atoms with Gasteiger partial charge in [-0.3, -0.25) is 0 Å². The van der Waals surface area contributed by atoms with Crippen LogP contribution < -0.4 is 10.2 Å². The van der Waals surface area contributed by atoms with Crippen LogP contribution in [-0.2, 0) is 26.4 Å². The Balaban J connectivity index is 1.66. The normalized spacial score (nSPS) is 14.4. The number of aromatic nitrogens is 4. The Bertz CT molecular complexity index is 869. The average Bonchev–Trinajstić information content (AvgIpc) is 2.77. The molecular weight excluding hydrogens is 300 g/mol. The minimum absolute atomic E-state index is 0.724. The van der Waals surface area contributed by atoms with Crippen molar-refractivity contribution in [1.82, 2.24) is 24.8 Å². The van der Waals surface area contributed by atoms with Gasteiger partial charge in [-0.25, -0.2) is 15.0 Å². The van der Waals surface area contributed by atoms with Crippen molar-refractivity contribution in [2.75, 3.05) is 25.0 Å². The van der Waals surface area contributed by atoms with E-state index < -0.39 is 0 Å². The first-order valence-corrected chi connectivity index (χ1v) is 8.39. The molecule has 4 rings (SSSR count). The fourth-order valence-corrected chi connectivity index (χ4v) is 3.41. The van der Waals surface area contributed by atoms with Crippen LogP contribution in [-0.4, -0.2) is 39.7 Å². The van der Waals surface area contributed by atoms with Crippen LogP contribution >= 0.6 is 0 Å². The molecule has 3 aromatic rings. The first-order chi connectivity index (χ1) is 11.7. The smallest absolute Gasteiger partial charge is 0.135 e. The molecule has 0 fully saturated rings. The van der Waals surface area contributed by atoms with Gasteiger partial charge in [0.05, 0.1) is 23.3 Å². The van der Waals surface area contributed by atoms with Crippen LogP contribution in [0.25, 0.3) is 11.0 Å². The highest BCUT2D eigenvalue weighted by Crippen LogP contribution is 2.23. The summed E-state index contributed by atoms with van der Waals surface area (Å²) in [7, 11) is 4.16.